The van der Waals surface area contributed by atoms with E-state index in [1.807, 2.05) is 59.2 Å². The number of hydrogen-bond donors (Lipinski definition) is 0. The fourth-order valence-corrected chi connectivity index (χ4v) is 2.94. The van der Waals surface area contributed by atoms with Gasteiger partial charge in [-0.15, -0.1) is 0 Å². The van der Waals surface area contributed by atoms with Crippen molar-refractivity contribution < 1.29 is 12.0 Å². The van der Waals surface area contributed by atoms with Crippen LogP contribution in [0.25, 0.3) is 10.9 Å². The molecule has 0 aliphatic rings. The van der Waals surface area contributed by atoms with Gasteiger partial charge in [-0.3, -0.25) is 3.97 Å². The monoisotopic (exact) mass is 377 g/mol. The van der Waals surface area contributed by atoms with Crippen molar-refractivity contribution in [3.05, 3.63) is 35.0 Å². The van der Waals surface area contributed by atoms with Crippen molar-refractivity contribution in [3.8, 4) is 0 Å². The number of aryl methyl sites for hydroxylation is 2. The average molecular weight is 377 g/mol. The molecule has 0 aliphatic carbocycles. The summed E-state index contributed by atoms with van der Waals surface area (Å²) in [6, 6.07) is 3.84. The topological polar surface area (TPSA) is 40.5 Å². The highest BCUT2D eigenvalue weighted by atomic mass is 127. The van der Waals surface area contributed by atoms with Crippen LogP contribution in [0.2, 0.25) is 0 Å². The fraction of sp³-hybridized carbons (Fsp3) is 0.250. The van der Waals surface area contributed by atoms with Gasteiger partial charge in [-0.25, -0.2) is 7.31 Å². The lowest BCUT2D eigenvalue weighted by Gasteiger charge is -2.06. The smallest absolute Gasteiger partial charge is 0.338 e. The predicted molar refractivity (Wildman–Crippen MR) is 80.8 cm³/mol. The van der Waals surface area contributed by atoms with E-state index in [1.165, 1.54) is 19.3 Å². The van der Waals surface area contributed by atoms with Gasteiger partial charge in [0.1, 0.15) is 35.2 Å². The zero-order valence-electron chi connectivity index (χ0n) is 10.2. The molecule has 0 saturated carbocycles. The van der Waals surface area contributed by atoms with Gasteiger partial charge in [-0.1, -0.05) is 0 Å². The molecule has 0 bridgehead atoms. The molecule has 1 aromatic carbocycles. The molecule has 0 aliphatic heterocycles. The highest BCUT2D eigenvalue weighted by Gasteiger charge is 2.14. The Morgan fingerprint density at radius 3 is 2.67 bits per heavy atom. The van der Waals surface area contributed by atoms with Crippen molar-refractivity contribution in [2.75, 3.05) is 7.11 Å². The van der Waals surface area contributed by atoms with Gasteiger partial charge in [0, 0.05) is 11.6 Å². The van der Waals surface area contributed by atoms with Crippen molar-refractivity contribution in [2.24, 2.45) is 0 Å². The minimum atomic E-state index is -0.306. The van der Waals surface area contributed by atoms with Crippen LogP contribution in [0.15, 0.2) is 18.3 Å². The van der Waals surface area contributed by atoms with E-state index in [-0.39, 0.29) is 5.97 Å². The minimum absolute atomic E-state index is 0.306. The summed E-state index contributed by atoms with van der Waals surface area (Å²) in [5.41, 5.74) is 3.62. The Balaban J connectivity index is 2.65. The molecule has 0 spiro atoms. The number of nitrogens with zero attached hydrogens (tertiary/aromatic N) is 1. The van der Waals surface area contributed by atoms with Gasteiger partial charge in [0.05, 0.1) is 18.2 Å². The van der Waals surface area contributed by atoms with E-state index in [1.54, 1.807) is 0 Å². The number of halogens is 1. The van der Waals surface area contributed by atoms with Gasteiger partial charge in [0.15, 0.2) is 0 Å². The fourth-order valence-electron chi connectivity index (χ4n) is 1.93. The second kappa shape index (κ2) is 5.50. The zero-order valence-corrected chi connectivity index (χ0v) is 13.2. The first-order valence-corrected chi connectivity index (χ1v) is 6.82. The third kappa shape index (κ3) is 2.36. The third-order valence-corrected chi connectivity index (χ3v) is 3.83. The Labute approximate surface area is 124 Å². The first kappa shape index (κ1) is 13.7. The second-order valence-electron chi connectivity index (χ2n) is 3.95. The average Bonchev–Trinajstić information content (AvgIpc) is 2.64. The summed E-state index contributed by atoms with van der Waals surface area (Å²) in [5.74, 6) is -0.306. The SMILES string of the molecule is COC(=O)c1cc2c(C)cn(SOI)c2cc1C. The number of aromatic nitrogens is 1. The van der Waals surface area contributed by atoms with E-state index in [9.17, 15) is 4.79 Å². The molecular formula is C12H12INO3S. The predicted octanol–water partition coefficient (Wildman–Crippen LogP) is 3.82. The number of rotatable bonds is 3. The quantitative estimate of drug-likeness (QED) is 0.463. The van der Waals surface area contributed by atoms with Crippen LogP contribution in [0.3, 0.4) is 0 Å². The normalized spacial score (nSPS) is 10.9. The van der Waals surface area contributed by atoms with E-state index < -0.39 is 0 Å². The van der Waals surface area contributed by atoms with Crippen LogP contribution in [0.5, 0.6) is 0 Å². The van der Waals surface area contributed by atoms with E-state index in [0.29, 0.717) is 5.56 Å². The number of esters is 1. The van der Waals surface area contributed by atoms with E-state index in [4.69, 9.17) is 7.25 Å². The highest BCUT2D eigenvalue weighted by Crippen LogP contribution is 2.29. The molecule has 6 heteroatoms. The maximum absolute atomic E-state index is 11.7. The van der Waals surface area contributed by atoms with Crippen LogP contribution in [-0.4, -0.2) is 17.1 Å². The number of carbonyl (C=O) groups is 1. The molecule has 0 radical (unpaired) electrons. The largest absolute Gasteiger partial charge is 0.465 e. The van der Waals surface area contributed by atoms with Crippen molar-refractivity contribution in [1.82, 2.24) is 3.97 Å². The van der Waals surface area contributed by atoms with E-state index in [0.717, 1.165) is 22.0 Å². The Kier molecular flexibility index (Phi) is 4.18. The second-order valence-corrected chi connectivity index (χ2v) is 5.70. The Morgan fingerprint density at radius 2 is 2.06 bits per heavy atom. The van der Waals surface area contributed by atoms with E-state index in [2.05, 4.69) is 0 Å². The van der Waals surface area contributed by atoms with Gasteiger partial charge >= 0.3 is 5.97 Å². The first-order valence-electron chi connectivity index (χ1n) is 5.25. The lowest BCUT2D eigenvalue weighted by atomic mass is 10.0. The van der Waals surface area contributed by atoms with Gasteiger partial charge < -0.3 is 4.74 Å². The Bertz CT molecular complexity index is 609. The van der Waals surface area contributed by atoms with Crippen molar-refractivity contribution in [3.63, 3.8) is 0 Å². The Hall–Kier alpha value is -0.730. The molecule has 1 heterocycles. The summed E-state index contributed by atoms with van der Waals surface area (Å²) >= 11 is 3.07. The molecular weight excluding hydrogens is 365 g/mol. The molecule has 0 fully saturated rings. The maximum atomic E-state index is 11.7. The van der Waals surface area contributed by atoms with Crippen molar-refractivity contribution in [1.29, 1.82) is 0 Å². The molecule has 2 rings (SSSR count). The van der Waals surface area contributed by atoms with Crippen LogP contribution >= 0.6 is 35.2 Å². The zero-order chi connectivity index (χ0) is 13.3. The number of carbonyl (C=O) groups excluding carboxylic acids is 1. The number of benzene rings is 1. The van der Waals surface area contributed by atoms with Gasteiger partial charge in [0.25, 0.3) is 0 Å². The molecule has 2 aromatic rings. The minimum Gasteiger partial charge on any atom is -0.465 e. The van der Waals surface area contributed by atoms with Crippen LogP contribution in [0, 0.1) is 13.8 Å². The summed E-state index contributed by atoms with van der Waals surface area (Å²) in [5, 5.41) is 1.03. The van der Waals surface area contributed by atoms with Gasteiger partial charge in [0.2, 0.25) is 0 Å². The summed E-state index contributed by atoms with van der Waals surface area (Å²) in [6.45, 7) is 3.90. The van der Waals surface area contributed by atoms with Gasteiger partial charge in [-0.05, 0) is 37.1 Å². The number of methoxy groups -OCH3 is 1. The first-order chi connectivity index (χ1) is 8.58. The Morgan fingerprint density at radius 1 is 1.33 bits per heavy atom. The van der Waals surface area contributed by atoms with Crippen LogP contribution in [-0.2, 0) is 7.25 Å². The van der Waals surface area contributed by atoms with E-state index >= 15 is 0 Å². The molecule has 0 atom stereocenters. The third-order valence-electron chi connectivity index (χ3n) is 2.83. The summed E-state index contributed by atoms with van der Waals surface area (Å²) in [6.07, 6.45) is 1.98. The van der Waals surface area contributed by atoms with Gasteiger partial charge in [-0.2, -0.15) is 0 Å². The van der Waals surface area contributed by atoms with Crippen LogP contribution < -0.4 is 0 Å². The highest BCUT2D eigenvalue weighted by molar-refractivity contribution is 14.1. The lowest BCUT2D eigenvalue weighted by Crippen LogP contribution is -2.03. The molecule has 0 unspecified atom stereocenters. The molecule has 0 N–H and O–H groups in total. The molecule has 96 valence electrons. The number of hydrogen-bond acceptors (Lipinski definition) is 4. The summed E-state index contributed by atoms with van der Waals surface area (Å²) in [4.78, 5) is 11.7. The van der Waals surface area contributed by atoms with Crippen LogP contribution in [0.4, 0.5) is 0 Å². The lowest BCUT2D eigenvalue weighted by molar-refractivity contribution is 0.0600. The van der Waals surface area contributed by atoms with Crippen molar-refractivity contribution in [2.45, 2.75) is 13.8 Å². The molecule has 0 amide bonds. The summed E-state index contributed by atoms with van der Waals surface area (Å²) < 4.78 is 11.8. The molecule has 4 nitrogen and oxygen atoms in total. The molecule has 18 heavy (non-hydrogen) atoms. The van der Waals surface area contributed by atoms with Crippen LogP contribution in [0.1, 0.15) is 21.5 Å². The standard InChI is InChI=1S/C12H12INO3S/c1-7-4-11-9(5-10(7)12(15)16-3)8(2)6-14(11)18-17-13/h4-6H,1-3H3. The number of fused-ring (bicyclic) bond motifs is 1. The number of ether oxygens (including phenoxy) is 1. The molecule has 0 saturated heterocycles. The van der Waals surface area contributed by atoms with Crippen molar-refractivity contribution >= 4 is 52.1 Å². The maximum Gasteiger partial charge on any atom is 0.338 e. The summed E-state index contributed by atoms with van der Waals surface area (Å²) in [7, 11) is 1.39. The molecule has 1 aromatic heterocycles.